The molecular formula is C24H16S. The molecule has 0 fully saturated rings. The van der Waals surface area contributed by atoms with E-state index in [2.05, 4.69) is 97.1 Å². The van der Waals surface area contributed by atoms with Crippen molar-refractivity contribution in [2.45, 2.75) is 0 Å². The van der Waals surface area contributed by atoms with Crippen molar-refractivity contribution in [2.75, 3.05) is 0 Å². The Balaban J connectivity index is 1.64. The summed E-state index contributed by atoms with van der Waals surface area (Å²) < 4.78 is 2.71. The van der Waals surface area contributed by atoms with Crippen LogP contribution in [0, 0.1) is 0 Å². The number of thiophene rings is 1. The molecular weight excluding hydrogens is 320 g/mol. The summed E-state index contributed by atoms with van der Waals surface area (Å²) in [6.07, 6.45) is 0. The molecule has 1 aromatic heterocycles. The van der Waals surface area contributed by atoms with Gasteiger partial charge in [-0.2, -0.15) is 0 Å². The fourth-order valence-electron chi connectivity index (χ4n) is 3.41. The molecule has 0 aliphatic carbocycles. The van der Waals surface area contributed by atoms with E-state index in [-0.39, 0.29) is 0 Å². The van der Waals surface area contributed by atoms with Crippen LogP contribution in [0.2, 0.25) is 0 Å². The lowest BCUT2D eigenvalue weighted by atomic mass is 9.98. The van der Waals surface area contributed by atoms with Crippen LogP contribution in [0.3, 0.4) is 0 Å². The van der Waals surface area contributed by atoms with Crippen LogP contribution in [0.1, 0.15) is 0 Å². The molecule has 4 aromatic carbocycles. The second-order valence-corrected chi connectivity index (χ2v) is 7.34. The molecule has 0 spiro atoms. The predicted octanol–water partition coefficient (Wildman–Crippen LogP) is 7.39. The fourth-order valence-corrected chi connectivity index (χ4v) is 4.56. The molecule has 0 saturated carbocycles. The number of benzene rings is 4. The molecule has 0 aliphatic rings. The smallest absolute Gasteiger partial charge is 0.0361 e. The van der Waals surface area contributed by atoms with E-state index >= 15 is 0 Å². The van der Waals surface area contributed by atoms with Gasteiger partial charge in [-0.3, -0.25) is 0 Å². The maximum Gasteiger partial charge on any atom is 0.0361 e. The van der Waals surface area contributed by atoms with Gasteiger partial charge in [-0.25, -0.2) is 0 Å². The number of fused-ring (bicyclic) bond motifs is 3. The summed E-state index contributed by atoms with van der Waals surface area (Å²) in [6, 6.07) is 34.8. The first kappa shape index (κ1) is 14.4. The summed E-state index contributed by atoms with van der Waals surface area (Å²) in [4.78, 5) is 0. The molecule has 0 N–H and O–H groups in total. The van der Waals surface area contributed by atoms with E-state index in [1.807, 2.05) is 11.3 Å². The van der Waals surface area contributed by atoms with Crippen LogP contribution in [0.15, 0.2) is 97.1 Å². The van der Waals surface area contributed by atoms with E-state index in [9.17, 15) is 0 Å². The third kappa shape index (κ3) is 2.54. The Bertz CT molecular complexity index is 1180. The lowest BCUT2D eigenvalue weighted by molar-refractivity contribution is 1.60. The lowest BCUT2D eigenvalue weighted by Crippen LogP contribution is -1.81. The van der Waals surface area contributed by atoms with Crippen LogP contribution in [-0.4, -0.2) is 0 Å². The van der Waals surface area contributed by atoms with Gasteiger partial charge in [0.25, 0.3) is 0 Å². The molecule has 5 rings (SSSR count). The zero-order valence-electron chi connectivity index (χ0n) is 13.6. The van der Waals surface area contributed by atoms with Crippen molar-refractivity contribution >= 4 is 31.5 Å². The summed E-state index contributed by atoms with van der Waals surface area (Å²) in [7, 11) is 0. The summed E-state index contributed by atoms with van der Waals surface area (Å²) >= 11 is 1.87. The van der Waals surface area contributed by atoms with Gasteiger partial charge in [-0.1, -0.05) is 78.9 Å². The molecule has 0 unspecified atom stereocenters. The minimum atomic E-state index is 1.26. The van der Waals surface area contributed by atoms with E-state index in [1.54, 1.807) is 0 Å². The summed E-state index contributed by atoms with van der Waals surface area (Å²) in [5, 5.41) is 2.70. The average Bonchev–Trinajstić information content (AvgIpc) is 3.06. The monoisotopic (exact) mass is 336 g/mol. The van der Waals surface area contributed by atoms with E-state index in [4.69, 9.17) is 0 Å². The van der Waals surface area contributed by atoms with Crippen molar-refractivity contribution in [3.8, 4) is 22.3 Å². The maximum absolute atomic E-state index is 2.32. The highest BCUT2D eigenvalue weighted by molar-refractivity contribution is 7.25. The maximum atomic E-state index is 2.32. The molecule has 0 bridgehead atoms. The Labute approximate surface area is 151 Å². The molecule has 0 saturated heterocycles. The molecule has 118 valence electrons. The fraction of sp³-hybridized carbons (Fsp3) is 0. The van der Waals surface area contributed by atoms with Crippen molar-refractivity contribution in [1.82, 2.24) is 0 Å². The average molecular weight is 336 g/mol. The standard InChI is InChI=1S/C24H16S/c1-2-7-17(8-3-1)18-9-6-10-19(15-18)20-13-14-22-21-11-4-5-12-23(21)25-24(22)16-20/h1-16H. The lowest BCUT2D eigenvalue weighted by Gasteiger charge is -2.06. The van der Waals surface area contributed by atoms with Gasteiger partial charge < -0.3 is 0 Å². The zero-order chi connectivity index (χ0) is 16.6. The Morgan fingerprint density at radius 3 is 1.92 bits per heavy atom. The van der Waals surface area contributed by atoms with Crippen LogP contribution >= 0.6 is 11.3 Å². The largest absolute Gasteiger partial charge is 0.135 e. The predicted molar refractivity (Wildman–Crippen MR) is 110 cm³/mol. The second kappa shape index (κ2) is 5.87. The Morgan fingerprint density at radius 1 is 0.400 bits per heavy atom. The third-order valence-corrected chi connectivity index (χ3v) is 5.82. The Hall–Kier alpha value is -2.90. The molecule has 0 nitrogen and oxygen atoms in total. The molecule has 1 heteroatoms. The Kier molecular flexibility index (Phi) is 3.39. The van der Waals surface area contributed by atoms with Crippen molar-refractivity contribution in [3.05, 3.63) is 97.1 Å². The van der Waals surface area contributed by atoms with Crippen molar-refractivity contribution < 1.29 is 0 Å². The topological polar surface area (TPSA) is 0 Å². The third-order valence-electron chi connectivity index (χ3n) is 4.68. The van der Waals surface area contributed by atoms with Crippen LogP contribution in [-0.2, 0) is 0 Å². The first-order valence-electron chi connectivity index (χ1n) is 8.46. The number of hydrogen-bond acceptors (Lipinski definition) is 1. The number of rotatable bonds is 2. The minimum Gasteiger partial charge on any atom is -0.135 e. The van der Waals surface area contributed by atoms with Gasteiger partial charge in [0.05, 0.1) is 0 Å². The highest BCUT2D eigenvalue weighted by Gasteiger charge is 2.07. The van der Waals surface area contributed by atoms with Gasteiger partial charge >= 0.3 is 0 Å². The van der Waals surface area contributed by atoms with Crippen molar-refractivity contribution in [1.29, 1.82) is 0 Å². The molecule has 0 atom stereocenters. The van der Waals surface area contributed by atoms with E-state index in [0.29, 0.717) is 0 Å². The van der Waals surface area contributed by atoms with E-state index < -0.39 is 0 Å². The van der Waals surface area contributed by atoms with Gasteiger partial charge in [0.15, 0.2) is 0 Å². The van der Waals surface area contributed by atoms with Crippen LogP contribution in [0.25, 0.3) is 42.4 Å². The van der Waals surface area contributed by atoms with Crippen LogP contribution < -0.4 is 0 Å². The molecule has 0 amide bonds. The van der Waals surface area contributed by atoms with Gasteiger partial charge in [0.2, 0.25) is 0 Å². The van der Waals surface area contributed by atoms with Crippen molar-refractivity contribution in [3.63, 3.8) is 0 Å². The molecule has 0 radical (unpaired) electrons. The first-order valence-corrected chi connectivity index (χ1v) is 9.27. The van der Waals surface area contributed by atoms with Crippen molar-refractivity contribution in [2.24, 2.45) is 0 Å². The highest BCUT2D eigenvalue weighted by Crippen LogP contribution is 2.36. The SMILES string of the molecule is c1ccc(-c2cccc(-c3ccc4c(c3)sc3ccccc34)c2)cc1. The molecule has 1 heterocycles. The molecule has 25 heavy (non-hydrogen) atoms. The molecule has 0 aliphatic heterocycles. The van der Waals surface area contributed by atoms with E-state index in [0.717, 1.165) is 0 Å². The normalized spacial score (nSPS) is 11.2. The summed E-state index contributed by atoms with van der Waals surface area (Å²) in [6.45, 7) is 0. The number of hydrogen-bond donors (Lipinski definition) is 0. The van der Waals surface area contributed by atoms with Crippen LogP contribution in [0.4, 0.5) is 0 Å². The zero-order valence-corrected chi connectivity index (χ0v) is 14.5. The van der Waals surface area contributed by atoms with E-state index in [1.165, 1.54) is 42.4 Å². The first-order chi connectivity index (χ1) is 12.4. The van der Waals surface area contributed by atoms with Gasteiger partial charge in [0.1, 0.15) is 0 Å². The minimum absolute atomic E-state index is 1.26. The van der Waals surface area contributed by atoms with Gasteiger partial charge in [-0.15, -0.1) is 11.3 Å². The van der Waals surface area contributed by atoms with Crippen LogP contribution in [0.5, 0.6) is 0 Å². The molecule has 5 aromatic rings. The highest BCUT2D eigenvalue weighted by atomic mass is 32.1. The summed E-state index contributed by atoms with van der Waals surface area (Å²) in [5.41, 5.74) is 5.05. The quantitative estimate of drug-likeness (QED) is 0.315. The van der Waals surface area contributed by atoms with Gasteiger partial charge in [0, 0.05) is 20.2 Å². The van der Waals surface area contributed by atoms with Gasteiger partial charge in [-0.05, 0) is 40.5 Å². The second-order valence-electron chi connectivity index (χ2n) is 6.26. The summed E-state index contributed by atoms with van der Waals surface area (Å²) in [5.74, 6) is 0. The Morgan fingerprint density at radius 2 is 1.04 bits per heavy atom.